The van der Waals surface area contributed by atoms with E-state index < -0.39 is 10.0 Å². The number of fused-ring (bicyclic) bond motifs is 1. The number of rotatable bonds is 6. The summed E-state index contributed by atoms with van der Waals surface area (Å²) in [6, 6.07) is 3.88. The Morgan fingerprint density at radius 1 is 1.32 bits per heavy atom. The van der Waals surface area contributed by atoms with Crippen molar-refractivity contribution in [3.8, 4) is 11.3 Å². The van der Waals surface area contributed by atoms with Crippen molar-refractivity contribution in [1.82, 2.24) is 19.3 Å². The second-order valence-corrected chi connectivity index (χ2v) is 9.34. The SMILES string of the molecule is CCCS(=O)(=O)N1CCC[C@H](Nc2ncccc2-c2cnc3c(n2)CC=C3)C1. The zero-order chi connectivity index (χ0) is 19.6. The second kappa shape index (κ2) is 7.97. The van der Waals surface area contributed by atoms with Crippen LogP contribution < -0.4 is 5.32 Å². The van der Waals surface area contributed by atoms with Gasteiger partial charge < -0.3 is 5.32 Å². The van der Waals surface area contributed by atoms with Gasteiger partial charge in [-0.25, -0.2) is 18.4 Å². The van der Waals surface area contributed by atoms with Crippen LogP contribution in [0.5, 0.6) is 0 Å². The van der Waals surface area contributed by atoms with Crippen LogP contribution in [0.2, 0.25) is 0 Å². The van der Waals surface area contributed by atoms with Gasteiger partial charge in [0, 0.05) is 37.3 Å². The summed E-state index contributed by atoms with van der Waals surface area (Å²) in [7, 11) is -3.18. The van der Waals surface area contributed by atoms with Crippen LogP contribution in [-0.2, 0) is 16.4 Å². The molecule has 0 amide bonds. The van der Waals surface area contributed by atoms with Crippen molar-refractivity contribution < 1.29 is 8.42 Å². The first kappa shape index (κ1) is 19.0. The van der Waals surface area contributed by atoms with Gasteiger partial charge in [-0.15, -0.1) is 0 Å². The first-order valence-electron chi connectivity index (χ1n) is 9.79. The average molecular weight is 400 g/mol. The molecule has 0 aromatic carbocycles. The number of piperidine rings is 1. The standard InChI is InChI=1S/C20H25N5O2S/c1-2-12-28(26,27)25-11-5-6-15(14-25)23-20-16(7-4-10-21-20)19-13-22-17-8-3-9-18(17)24-19/h3-4,7-8,10,13,15H,2,5-6,9,11-12,14H2,1H3,(H,21,23)/t15-/m0/s1. The molecule has 0 unspecified atom stereocenters. The topological polar surface area (TPSA) is 88.1 Å². The third-order valence-corrected chi connectivity index (χ3v) is 7.17. The molecule has 8 heteroatoms. The van der Waals surface area contributed by atoms with E-state index in [0.29, 0.717) is 19.5 Å². The Hall–Kier alpha value is -2.32. The summed E-state index contributed by atoms with van der Waals surface area (Å²) in [5.41, 5.74) is 3.57. The highest BCUT2D eigenvalue weighted by Gasteiger charge is 2.28. The zero-order valence-corrected chi connectivity index (χ0v) is 16.8. The third kappa shape index (κ3) is 3.93. The average Bonchev–Trinajstić information content (AvgIpc) is 3.16. The summed E-state index contributed by atoms with van der Waals surface area (Å²) >= 11 is 0. The van der Waals surface area contributed by atoms with E-state index in [4.69, 9.17) is 4.98 Å². The molecule has 1 aliphatic carbocycles. The van der Waals surface area contributed by atoms with Gasteiger partial charge >= 0.3 is 0 Å². The molecule has 28 heavy (non-hydrogen) atoms. The Bertz CT molecular complexity index is 990. The normalized spacial score (nSPS) is 19.5. The van der Waals surface area contributed by atoms with Gasteiger partial charge in [-0.3, -0.25) is 4.98 Å². The maximum Gasteiger partial charge on any atom is 0.214 e. The monoisotopic (exact) mass is 399 g/mol. The lowest BCUT2D eigenvalue weighted by atomic mass is 10.1. The predicted octanol–water partition coefficient (Wildman–Crippen LogP) is 2.72. The summed E-state index contributed by atoms with van der Waals surface area (Å²) < 4.78 is 26.5. The quantitative estimate of drug-likeness (QED) is 0.804. The maximum atomic E-state index is 12.4. The molecular weight excluding hydrogens is 374 g/mol. The molecule has 7 nitrogen and oxygen atoms in total. The number of nitrogens with one attached hydrogen (secondary N) is 1. The number of hydrogen-bond acceptors (Lipinski definition) is 6. The number of nitrogens with zero attached hydrogens (tertiary/aromatic N) is 4. The molecule has 1 N–H and O–H groups in total. The predicted molar refractivity (Wildman–Crippen MR) is 110 cm³/mol. The van der Waals surface area contributed by atoms with E-state index in [2.05, 4.69) is 21.4 Å². The van der Waals surface area contributed by atoms with E-state index in [1.165, 1.54) is 0 Å². The minimum Gasteiger partial charge on any atom is -0.365 e. The van der Waals surface area contributed by atoms with Crippen LogP contribution in [-0.4, -0.2) is 52.6 Å². The van der Waals surface area contributed by atoms with Crippen LogP contribution in [0, 0.1) is 0 Å². The lowest BCUT2D eigenvalue weighted by molar-refractivity contribution is 0.326. The largest absolute Gasteiger partial charge is 0.365 e. The van der Waals surface area contributed by atoms with Crippen molar-refractivity contribution in [2.45, 2.75) is 38.6 Å². The fourth-order valence-electron chi connectivity index (χ4n) is 3.76. The van der Waals surface area contributed by atoms with E-state index in [9.17, 15) is 8.42 Å². The fraction of sp³-hybridized carbons (Fsp3) is 0.450. The van der Waals surface area contributed by atoms with Crippen molar-refractivity contribution in [3.63, 3.8) is 0 Å². The molecule has 1 saturated heterocycles. The van der Waals surface area contributed by atoms with Gasteiger partial charge in [-0.05, 0) is 37.5 Å². The minimum absolute atomic E-state index is 0.0260. The number of pyridine rings is 1. The molecule has 2 aromatic heterocycles. The van der Waals surface area contributed by atoms with Gasteiger partial charge in [0.1, 0.15) is 5.82 Å². The molecule has 1 aliphatic heterocycles. The van der Waals surface area contributed by atoms with E-state index in [-0.39, 0.29) is 11.8 Å². The molecule has 0 bridgehead atoms. The number of sulfonamides is 1. The van der Waals surface area contributed by atoms with Crippen LogP contribution in [0.1, 0.15) is 37.6 Å². The van der Waals surface area contributed by atoms with Crippen LogP contribution in [0.4, 0.5) is 5.82 Å². The van der Waals surface area contributed by atoms with Crippen molar-refractivity contribution in [2.75, 3.05) is 24.2 Å². The summed E-state index contributed by atoms with van der Waals surface area (Å²) in [6.45, 7) is 2.96. The van der Waals surface area contributed by atoms with Gasteiger partial charge in [0.2, 0.25) is 10.0 Å². The van der Waals surface area contributed by atoms with Crippen LogP contribution in [0.3, 0.4) is 0 Å². The van der Waals surface area contributed by atoms with E-state index in [0.717, 1.165) is 47.7 Å². The maximum absolute atomic E-state index is 12.4. The highest BCUT2D eigenvalue weighted by Crippen LogP contribution is 2.28. The zero-order valence-electron chi connectivity index (χ0n) is 16.0. The molecular formula is C20H25N5O2S. The first-order valence-corrected chi connectivity index (χ1v) is 11.4. The number of allylic oxidation sites excluding steroid dienone is 1. The number of anilines is 1. The Morgan fingerprint density at radius 3 is 3.07 bits per heavy atom. The Kier molecular flexibility index (Phi) is 5.41. The summed E-state index contributed by atoms with van der Waals surface area (Å²) in [4.78, 5) is 13.7. The lowest BCUT2D eigenvalue weighted by Crippen LogP contribution is -2.46. The Morgan fingerprint density at radius 2 is 2.21 bits per heavy atom. The Labute approximate surface area is 166 Å². The van der Waals surface area contributed by atoms with Gasteiger partial charge in [-0.2, -0.15) is 4.31 Å². The van der Waals surface area contributed by atoms with Gasteiger partial charge in [0.05, 0.1) is 29.0 Å². The molecule has 3 heterocycles. The smallest absolute Gasteiger partial charge is 0.214 e. The van der Waals surface area contributed by atoms with E-state index in [1.807, 2.05) is 25.1 Å². The number of hydrogen-bond donors (Lipinski definition) is 1. The molecule has 0 saturated carbocycles. The molecule has 1 atom stereocenters. The third-order valence-electron chi connectivity index (χ3n) is 5.13. The first-order chi connectivity index (χ1) is 13.6. The van der Waals surface area contributed by atoms with Crippen molar-refractivity contribution in [2.24, 2.45) is 0 Å². The summed E-state index contributed by atoms with van der Waals surface area (Å²) in [6.07, 6.45) is 10.7. The van der Waals surface area contributed by atoms with Gasteiger partial charge in [0.15, 0.2) is 0 Å². The van der Waals surface area contributed by atoms with Crippen LogP contribution in [0.25, 0.3) is 17.3 Å². The van der Waals surface area contributed by atoms with Crippen molar-refractivity contribution in [1.29, 1.82) is 0 Å². The van der Waals surface area contributed by atoms with Crippen molar-refractivity contribution >= 4 is 21.9 Å². The lowest BCUT2D eigenvalue weighted by Gasteiger charge is -2.33. The molecule has 148 valence electrons. The molecule has 1 fully saturated rings. The molecule has 2 aliphatic rings. The molecule has 4 rings (SSSR count). The molecule has 0 radical (unpaired) electrons. The highest BCUT2D eigenvalue weighted by atomic mass is 32.2. The Balaban J connectivity index is 1.54. The van der Waals surface area contributed by atoms with Crippen LogP contribution in [0.15, 0.2) is 30.6 Å². The molecule has 0 spiro atoms. The van der Waals surface area contributed by atoms with Crippen molar-refractivity contribution in [3.05, 3.63) is 42.0 Å². The van der Waals surface area contributed by atoms with E-state index in [1.54, 1.807) is 16.7 Å². The summed E-state index contributed by atoms with van der Waals surface area (Å²) in [5.74, 6) is 0.926. The minimum atomic E-state index is -3.18. The number of aromatic nitrogens is 3. The molecule has 2 aromatic rings. The highest BCUT2D eigenvalue weighted by molar-refractivity contribution is 7.89. The van der Waals surface area contributed by atoms with Crippen LogP contribution >= 0.6 is 0 Å². The second-order valence-electron chi connectivity index (χ2n) is 7.25. The fourth-order valence-corrected chi connectivity index (χ4v) is 5.35. The van der Waals surface area contributed by atoms with Gasteiger partial charge in [-0.1, -0.05) is 13.0 Å². The van der Waals surface area contributed by atoms with Gasteiger partial charge in [0.25, 0.3) is 0 Å². The summed E-state index contributed by atoms with van der Waals surface area (Å²) in [5, 5.41) is 3.46. The van der Waals surface area contributed by atoms with E-state index >= 15 is 0 Å².